The van der Waals surface area contributed by atoms with Gasteiger partial charge < -0.3 is 0 Å². The van der Waals surface area contributed by atoms with Crippen LogP contribution in [0.3, 0.4) is 0 Å². The van der Waals surface area contributed by atoms with Crippen LogP contribution in [0.25, 0.3) is 0 Å². The van der Waals surface area contributed by atoms with Crippen LogP contribution in [-0.2, 0) is 11.8 Å². The standard InChI is InChI=1S/C13H29PS/c1-2-3-4-5-6-7-8-9-10-11-12-13-14-15/h2-14H2,1H3. The minimum Gasteiger partial charge on any atom is -0.104 e. The van der Waals surface area contributed by atoms with Crippen LogP contribution in [0.1, 0.15) is 77.6 Å². The fraction of sp³-hybridized carbons (Fsp3) is 1.00. The fourth-order valence-electron chi connectivity index (χ4n) is 1.89. The summed E-state index contributed by atoms with van der Waals surface area (Å²) < 4.78 is 0. The van der Waals surface area contributed by atoms with E-state index >= 15 is 0 Å². The Labute approximate surface area is 103 Å². The molecular weight excluding hydrogens is 219 g/mol. The van der Waals surface area contributed by atoms with Crippen LogP contribution in [0.15, 0.2) is 0 Å². The molecular formula is C13H29PS. The molecule has 0 radical (unpaired) electrons. The third-order valence-electron chi connectivity index (χ3n) is 2.93. The highest BCUT2D eigenvalue weighted by Crippen LogP contribution is 2.11. The van der Waals surface area contributed by atoms with E-state index in [0.29, 0.717) is 7.36 Å². The summed E-state index contributed by atoms with van der Waals surface area (Å²) in [6.45, 7) is 2.28. The second kappa shape index (κ2) is 14.6. The van der Waals surface area contributed by atoms with Crippen LogP contribution in [0.4, 0.5) is 0 Å². The Hall–Kier alpha value is 0.650. The summed E-state index contributed by atoms with van der Waals surface area (Å²) in [6, 6.07) is 0. The average molecular weight is 248 g/mol. The van der Waals surface area contributed by atoms with Crippen molar-refractivity contribution in [3.05, 3.63) is 0 Å². The lowest BCUT2D eigenvalue weighted by Crippen LogP contribution is -1.82. The van der Waals surface area contributed by atoms with E-state index in [1.54, 1.807) is 0 Å². The molecule has 0 aromatic rings. The zero-order valence-electron chi connectivity index (χ0n) is 10.5. The Morgan fingerprint density at radius 3 is 1.47 bits per heavy atom. The molecule has 0 saturated carbocycles. The maximum absolute atomic E-state index is 5.01. The molecule has 0 aliphatic heterocycles. The van der Waals surface area contributed by atoms with Crippen LogP contribution in [0, 0.1) is 0 Å². The second-order valence-electron chi connectivity index (χ2n) is 4.49. The Morgan fingerprint density at radius 2 is 1.07 bits per heavy atom. The lowest BCUT2D eigenvalue weighted by atomic mass is 10.1. The third kappa shape index (κ3) is 14.7. The van der Waals surface area contributed by atoms with E-state index in [1.807, 2.05) is 0 Å². The molecule has 0 saturated heterocycles. The molecule has 0 aromatic heterocycles. The first kappa shape index (κ1) is 15.7. The van der Waals surface area contributed by atoms with E-state index in [0.717, 1.165) is 0 Å². The van der Waals surface area contributed by atoms with Crippen molar-refractivity contribution in [2.24, 2.45) is 0 Å². The van der Waals surface area contributed by atoms with Gasteiger partial charge in [0.1, 0.15) is 0 Å². The smallest absolute Gasteiger partial charge is 0.0286 e. The molecule has 0 aromatic carbocycles. The number of unbranched alkanes of at least 4 members (excludes halogenated alkanes) is 10. The lowest BCUT2D eigenvalue weighted by Gasteiger charge is -2.01. The summed E-state index contributed by atoms with van der Waals surface area (Å²) in [5.74, 6) is 0. The van der Waals surface area contributed by atoms with Crippen molar-refractivity contribution < 1.29 is 0 Å². The molecule has 0 aliphatic carbocycles. The van der Waals surface area contributed by atoms with Gasteiger partial charge in [-0.1, -0.05) is 78.5 Å². The van der Waals surface area contributed by atoms with Crippen LogP contribution in [-0.4, -0.2) is 6.16 Å². The van der Waals surface area contributed by atoms with Crippen molar-refractivity contribution in [1.82, 2.24) is 0 Å². The van der Waals surface area contributed by atoms with Crippen LogP contribution in [0.5, 0.6) is 0 Å². The fourth-order valence-corrected chi connectivity index (χ4v) is 2.85. The summed E-state index contributed by atoms with van der Waals surface area (Å²) in [6.07, 6.45) is 17.2. The quantitative estimate of drug-likeness (QED) is 0.339. The predicted octanol–water partition coefficient (Wildman–Crippen LogP) is 5.17. The molecule has 15 heavy (non-hydrogen) atoms. The van der Waals surface area contributed by atoms with Crippen molar-refractivity contribution in [2.75, 3.05) is 6.16 Å². The van der Waals surface area contributed by atoms with Crippen LogP contribution >= 0.6 is 7.36 Å². The first-order chi connectivity index (χ1) is 7.41. The van der Waals surface area contributed by atoms with E-state index < -0.39 is 0 Å². The third-order valence-corrected chi connectivity index (χ3v) is 4.28. The SMILES string of the molecule is CCCCCCCCCCCCC[PH2]=S. The van der Waals surface area contributed by atoms with Gasteiger partial charge in [0.15, 0.2) is 0 Å². The minimum atomic E-state index is 0.347. The zero-order valence-corrected chi connectivity index (χ0v) is 12.4. The molecule has 0 nitrogen and oxygen atoms in total. The summed E-state index contributed by atoms with van der Waals surface area (Å²) in [4.78, 5) is 0. The summed E-state index contributed by atoms with van der Waals surface area (Å²) >= 11 is 5.01. The van der Waals surface area contributed by atoms with Crippen molar-refractivity contribution in [3.63, 3.8) is 0 Å². The van der Waals surface area contributed by atoms with E-state index in [1.165, 1.54) is 76.8 Å². The molecule has 0 bridgehead atoms. The van der Waals surface area contributed by atoms with Gasteiger partial charge in [-0.25, -0.2) is 0 Å². The topological polar surface area (TPSA) is 0 Å². The lowest BCUT2D eigenvalue weighted by molar-refractivity contribution is 0.555. The monoisotopic (exact) mass is 248 g/mol. The van der Waals surface area contributed by atoms with Crippen molar-refractivity contribution in [2.45, 2.75) is 77.6 Å². The van der Waals surface area contributed by atoms with Crippen molar-refractivity contribution in [1.29, 1.82) is 0 Å². The van der Waals surface area contributed by atoms with Crippen LogP contribution < -0.4 is 0 Å². The molecule has 2 heteroatoms. The van der Waals surface area contributed by atoms with Gasteiger partial charge in [-0.15, -0.1) is 11.8 Å². The van der Waals surface area contributed by atoms with Crippen molar-refractivity contribution >= 4 is 19.2 Å². The Morgan fingerprint density at radius 1 is 0.667 bits per heavy atom. The molecule has 0 fully saturated rings. The predicted molar refractivity (Wildman–Crippen MR) is 78.4 cm³/mol. The van der Waals surface area contributed by atoms with Crippen LogP contribution in [0.2, 0.25) is 0 Å². The second-order valence-corrected chi connectivity index (χ2v) is 6.40. The zero-order chi connectivity index (χ0) is 11.2. The molecule has 92 valence electrons. The molecule has 0 heterocycles. The van der Waals surface area contributed by atoms with E-state index in [-0.39, 0.29) is 0 Å². The van der Waals surface area contributed by atoms with E-state index in [9.17, 15) is 0 Å². The largest absolute Gasteiger partial charge is 0.104 e. The molecule has 0 spiro atoms. The van der Waals surface area contributed by atoms with Gasteiger partial charge in [-0.3, -0.25) is 0 Å². The van der Waals surface area contributed by atoms with Gasteiger partial charge >= 0.3 is 0 Å². The van der Waals surface area contributed by atoms with Gasteiger partial charge in [0.25, 0.3) is 0 Å². The molecule has 0 aliphatic rings. The average Bonchev–Trinajstić information content (AvgIpc) is 2.26. The molecule has 0 N–H and O–H groups in total. The Bertz CT molecular complexity index is 126. The van der Waals surface area contributed by atoms with Crippen molar-refractivity contribution in [3.8, 4) is 0 Å². The molecule has 1 atom stereocenters. The number of hydrogen-bond donors (Lipinski definition) is 0. The number of rotatable bonds is 12. The van der Waals surface area contributed by atoms with Gasteiger partial charge in [0.2, 0.25) is 0 Å². The van der Waals surface area contributed by atoms with Gasteiger partial charge in [-0.05, 0) is 12.6 Å². The molecule has 0 rings (SSSR count). The number of hydrogen-bond acceptors (Lipinski definition) is 1. The minimum absolute atomic E-state index is 0.347. The maximum atomic E-state index is 5.01. The first-order valence-electron chi connectivity index (χ1n) is 6.85. The summed E-state index contributed by atoms with van der Waals surface area (Å²) in [5.41, 5.74) is 0. The molecule has 1 unspecified atom stereocenters. The first-order valence-corrected chi connectivity index (χ1v) is 9.55. The summed E-state index contributed by atoms with van der Waals surface area (Å²) in [5, 5.41) is 0. The highest BCUT2D eigenvalue weighted by molar-refractivity contribution is 7.96. The van der Waals surface area contributed by atoms with E-state index in [2.05, 4.69) is 6.92 Å². The highest BCUT2D eigenvalue weighted by Gasteiger charge is 1.92. The van der Waals surface area contributed by atoms with Gasteiger partial charge in [-0.2, -0.15) is 0 Å². The Kier molecular flexibility index (Phi) is 15.3. The molecule has 0 amide bonds. The summed E-state index contributed by atoms with van der Waals surface area (Å²) in [7, 11) is 0.347. The van der Waals surface area contributed by atoms with Gasteiger partial charge in [0, 0.05) is 0 Å². The highest BCUT2D eigenvalue weighted by atomic mass is 32.4. The van der Waals surface area contributed by atoms with Gasteiger partial charge in [0.05, 0.1) is 0 Å². The maximum Gasteiger partial charge on any atom is -0.0286 e. The Balaban J connectivity index is 2.83. The normalized spacial score (nSPS) is 11.5. The van der Waals surface area contributed by atoms with E-state index in [4.69, 9.17) is 11.8 Å².